The average molecular weight is 541 g/mol. The van der Waals surface area contributed by atoms with Crippen LogP contribution in [-0.4, -0.2) is 23.3 Å². The van der Waals surface area contributed by atoms with Crippen LogP contribution >= 0.6 is 0 Å². The van der Waals surface area contributed by atoms with E-state index in [1.807, 2.05) is 48.5 Å². The molecule has 0 aromatic heterocycles. The van der Waals surface area contributed by atoms with E-state index in [9.17, 15) is 4.79 Å². The van der Waals surface area contributed by atoms with E-state index in [4.69, 9.17) is 9.94 Å². The molecule has 2 aromatic rings. The molecule has 0 atom stereocenters. The third-order valence-electron chi connectivity index (χ3n) is 6.65. The fraction of sp³-hybridized carbons (Fsp3) is 0.588. The van der Waals surface area contributed by atoms with E-state index >= 15 is 0 Å². The van der Waals surface area contributed by atoms with Gasteiger partial charge in [0.15, 0.2) is 0 Å². The molecule has 5 nitrogen and oxygen atoms in total. The van der Waals surface area contributed by atoms with E-state index < -0.39 is 5.97 Å². The number of carboxylic acid groups (broad SMARTS) is 1. The highest BCUT2D eigenvalue weighted by Gasteiger charge is 2.17. The quantitative estimate of drug-likeness (QED) is 0.169. The number of hydrogen-bond donors (Lipinski definition) is 2. The Morgan fingerprint density at radius 1 is 0.974 bits per heavy atom. The Hall–Kier alpha value is -2.66. The normalized spacial score (nSPS) is 13.1. The maximum Gasteiger partial charge on any atom is 0.304 e. The van der Waals surface area contributed by atoms with Gasteiger partial charge in [0.05, 0.1) is 12.1 Å². The molecular formula is C34H56N2O3. The maximum absolute atomic E-state index is 10.7. The Bertz CT molecular complexity index is 963. The summed E-state index contributed by atoms with van der Waals surface area (Å²) < 4.78 is 0. The first-order valence-electron chi connectivity index (χ1n) is 15.3. The molecular weight excluding hydrogens is 484 g/mol. The molecule has 1 saturated carbocycles. The van der Waals surface area contributed by atoms with Gasteiger partial charge < -0.3 is 15.3 Å². The standard InChI is InChI=1S/C28H38N2O3.3C2H6/c1-4-23-17-25(11-12-26(23)18-29-15-14-28(31)32)21(3)30-33-19-22-10-13-27(20(2)16-22)24-8-6-5-7-9-24;3*1-2/h10-13,16-17,24,29H,4-9,14-15,18-19H2,1-3H3,(H,31,32);3*1-2H3/b30-21+;;;. The molecule has 2 N–H and O–H groups in total. The molecule has 0 aliphatic heterocycles. The van der Waals surface area contributed by atoms with Crippen molar-refractivity contribution in [1.29, 1.82) is 0 Å². The van der Waals surface area contributed by atoms with Crippen LogP contribution in [0, 0.1) is 6.92 Å². The first-order valence-corrected chi connectivity index (χ1v) is 15.3. The molecule has 0 bridgehead atoms. The lowest BCUT2D eigenvalue weighted by Gasteiger charge is -2.23. The van der Waals surface area contributed by atoms with Gasteiger partial charge in [-0.2, -0.15) is 0 Å². The molecule has 0 spiro atoms. The zero-order valence-electron chi connectivity index (χ0n) is 26.3. The summed E-state index contributed by atoms with van der Waals surface area (Å²) in [7, 11) is 0. The van der Waals surface area contributed by atoms with Gasteiger partial charge in [-0.15, -0.1) is 0 Å². The third kappa shape index (κ3) is 13.3. The van der Waals surface area contributed by atoms with Gasteiger partial charge in [-0.1, -0.05) is 103 Å². The fourth-order valence-corrected chi connectivity index (χ4v) is 4.73. The summed E-state index contributed by atoms with van der Waals surface area (Å²) in [6, 6.07) is 13.0. The van der Waals surface area contributed by atoms with Crippen LogP contribution in [0.4, 0.5) is 0 Å². The van der Waals surface area contributed by atoms with Crippen molar-refractivity contribution in [2.75, 3.05) is 6.54 Å². The van der Waals surface area contributed by atoms with Crippen molar-refractivity contribution in [3.05, 3.63) is 69.8 Å². The van der Waals surface area contributed by atoms with E-state index in [1.54, 1.807) is 0 Å². The molecule has 0 unspecified atom stereocenters. The van der Waals surface area contributed by atoms with E-state index in [1.165, 1.54) is 54.4 Å². The minimum atomic E-state index is -0.782. The molecule has 1 aliphatic carbocycles. The fourth-order valence-electron chi connectivity index (χ4n) is 4.73. The number of nitrogens with zero attached hydrogens (tertiary/aromatic N) is 1. The topological polar surface area (TPSA) is 70.9 Å². The van der Waals surface area contributed by atoms with Crippen molar-refractivity contribution in [2.45, 2.75) is 126 Å². The van der Waals surface area contributed by atoms with E-state index in [-0.39, 0.29) is 6.42 Å². The van der Waals surface area contributed by atoms with E-state index in [0.29, 0.717) is 19.7 Å². The Labute approximate surface area is 239 Å². The molecule has 0 saturated heterocycles. The van der Waals surface area contributed by atoms with Gasteiger partial charge in [-0.3, -0.25) is 4.79 Å². The lowest BCUT2D eigenvalue weighted by atomic mass is 9.82. The van der Waals surface area contributed by atoms with Gasteiger partial charge in [0.1, 0.15) is 6.61 Å². The second kappa shape index (κ2) is 22.2. The number of rotatable bonds is 11. The lowest BCUT2D eigenvalue weighted by molar-refractivity contribution is -0.136. The highest BCUT2D eigenvalue weighted by molar-refractivity contribution is 5.98. The molecule has 0 heterocycles. The lowest BCUT2D eigenvalue weighted by Crippen LogP contribution is -2.18. The van der Waals surface area contributed by atoms with Crippen LogP contribution in [0.3, 0.4) is 0 Å². The first kappa shape index (κ1) is 36.3. The Morgan fingerprint density at radius 3 is 2.23 bits per heavy atom. The number of nitrogens with one attached hydrogen (secondary N) is 1. The van der Waals surface area contributed by atoms with Gasteiger partial charge in [0, 0.05) is 13.1 Å². The second-order valence-electron chi connectivity index (χ2n) is 9.13. The van der Waals surface area contributed by atoms with Crippen LogP contribution in [0.1, 0.15) is 133 Å². The Balaban J connectivity index is 0.00000225. The second-order valence-corrected chi connectivity index (χ2v) is 9.13. The van der Waals surface area contributed by atoms with Crippen molar-refractivity contribution >= 4 is 11.7 Å². The van der Waals surface area contributed by atoms with Crippen molar-refractivity contribution in [2.24, 2.45) is 5.16 Å². The smallest absolute Gasteiger partial charge is 0.304 e. The molecule has 3 rings (SSSR count). The van der Waals surface area contributed by atoms with Gasteiger partial charge >= 0.3 is 5.97 Å². The van der Waals surface area contributed by atoms with Crippen LogP contribution < -0.4 is 5.32 Å². The Morgan fingerprint density at radius 2 is 1.64 bits per heavy atom. The summed E-state index contributed by atoms with van der Waals surface area (Å²) in [6.45, 7) is 19.9. The predicted molar refractivity (Wildman–Crippen MR) is 168 cm³/mol. The van der Waals surface area contributed by atoms with Crippen molar-refractivity contribution in [1.82, 2.24) is 5.32 Å². The summed E-state index contributed by atoms with van der Waals surface area (Å²) in [5.74, 6) is -0.0622. The van der Waals surface area contributed by atoms with Gasteiger partial charge in [0.2, 0.25) is 0 Å². The van der Waals surface area contributed by atoms with Crippen LogP contribution in [0.5, 0.6) is 0 Å². The summed E-state index contributed by atoms with van der Waals surface area (Å²) in [4.78, 5) is 16.4. The van der Waals surface area contributed by atoms with Crippen molar-refractivity contribution in [3.63, 3.8) is 0 Å². The summed E-state index contributed by atoms with van der Waals surface area (Å²) in [5, 5.41) is 16.3. The molecule has 2 aromatic carbocycles. The number of aryl methyl sites for hydroxylation is 2. The van der Waals surface area contributed by atoms with Crippen LogP contribution in [0.2, 0.25) is 0 Å². The maximum atomic E-state index is 10.7. The predicted octanol–water partition coefficient (Wildman–Crippen LogP) is 9.19. The Kier molecular flexibility index (Phi) is 20.7. The minimum Gasteiger partial charge on any atom is -0.481 e. The van der Waals surface area contributed by atoms with Crippen LogP contribution in [-0.2, 0) is 29.2 Å². The highest BCUT2D eigenvalue weighted by Crippen LogP contribution is 2.34. The number of aliphatic carboxylic acids is 1. The largest absolute Gasteiger partial charge is 0.481 e. The van der Waals surface area contributed by atoms with Crippen LogP contribution in [0.15, 0.2) is 41.6 Å². The molecule has 220 valence electrons. The number of oxime groups is 1. The zero-order valence-corrected chi connectivity index (χ0v) is 26.3. The number of benzene rings is 2. The number of carboxylic acids is 1. The van der Waals surface area contributed by atoms with E-state index in [0.717, 1.165) is 29.2 Å². The van der Waals surface area contributed by atoms with Crippen molar-refractivity contribution < 1.29 is 14.7 Å². The SMILES string of the molecule is CC.CC.CC.CCc1cc(/C(C)=N/OCc2ccc(C3CCCCC3)c(C)c2)ccc1CNCCC(=O)O. The monoisotopic (exact) mass is 540 g/mol. The van der Waals surface area contributed by atoms with Crippen molar-refractivity contribution in [3.8, 4) is 0 Å². The summed E-state index contributed by atoms with van der Waals surface area (Å²) in [6.07, 6.45) is 7.76. The molecule has 0 amide bonds. The minimum absolute atomic E-state index is 0.130. The summed E-state index contributed by atoms with van der Waals surface area (Å²) >= 11 is 0. The van der Waals surface area contributed by atoms with Crippen LogP contribution in [0.25, 0.3) is 0 Å². The van der Waals surface area contributed by atoms with Gasteiger partial charge in [-0.25, -0.2) is 0 Å². The third-order valence-corrected chi connectivity index (χ3v) is 6.65. The molecule has 1 aliphatic rings. The first-order chi connectivity index (χ1) is 19.0. The highest BCUT2D eigenvalue weighted by atomic mass is 16.6. The van der Waals surface area contributed by atoms with E-state index in [2.05, 4.69) is 60.7 Å². The zero-order chi connectivity index (χ0) is 29.6. The molecule has 0 radical (unpaired) electrons. The number of carbonyl (C=O) groups is 1. The molecule has 39 heavy (non-hydrogen) atoms. The summed E-state index contributed by atoms with van der Waals surface area (Å²) in [5.41, 5.74) is 8.34. The molecule has 5 heteroatoms. The number of hydrogen-bond acceptors (Lipinski definition) is 4. The average Bonchev–Trinajstić information content (AvgIpc) is 2.99. The van der Waals surface area contributed by atoms with Gasteiger partial charge in [0.25, 0.3) is 0 Å². The van der Waals surface area contributed by atoms with Gasteiger partial charge in [-0.05, 0) is 78.5 Å². The molecule has 1 fully saturated rings.